The van der Waals surface area contributed by atoms with Crippen LogP contribution in [0.25, 0.3) is 0 Å². The van der Waals surface area contributed by atoms with Gasteiger partial charge >= 0.3 is 0 Å². The third kappa shape index (κ3) is 3.93. The Morgan fingerprint density at radius 3 is 2.79 bits per heavy atom. The fraction of sp³-hybridized carbons (Fsp3) is 0.500. The Morgan fingerprint density at radius 1 is 1.38 bits per heavy atom. The van der Waals surface area contributed by atoms with E-state index in [1.54, 1.807) is 18.6 Å². The van der Waals surface area contributed by atoms with Gasteiger partial charge in [0, 0.05) is 57.0 Å². The standard InChI is InChI=1S/C18H24N4O2/c1-14(22-11-8-20-15(22)2)12-18(23)21-9-5-16(6-10-21)24-17-4-3-7-19-13-17/h3-4,7-8,11,13-14,16H,5-6,9-10,12H2,1-2H3. The van der Waals surface area contributed by atoms with Crippen LogP contribution in [0.4, 0.5) is 0 Å². The van der Waals surface area contributed by atoms with E-state index in [1.807, 2.05) is 30.2 Å². The molecule has 6 nitrogen and oxygen atoms in total. The summed E-state index contributed by atoms with van der Waals surface area (Å²) in [6.45, 7) is 5.52. The highest BCUT2D eigenvalue weighted by molar-refractivity contribution is 5.76. The summed E-state index contributed by atoms with van der Waals surface area (Å²) in [6, 6.07) is 3.91. The molecule has 128 valence electrons. The van der Waals surface area contributed by atoms with Crippen LogP contribution in [0.2, 0.25) is 0 Å². The topological polar surface area (TPSA) is 60.2 Å². The van der Waals surface area contributed by atoms with Crippen LogP contribution in [0.15, 0.2) is 36.9 Å². The van der Waals surface area contributed by atoms with Gasteiger partial charge in [-0.05, 0) is 26.0 Å². The number of hydrogen-bond acceptors (Lipinski definition) is 4. The molecule has 3 rings (SSSR count). The number of imidazole rings is 1. The third-order valence-corrected chi connectivity index (χ3v) is 4.54. The van der Waals surface area contributed by atoms with Crippen molar-refractivity contribution in [3.8, 4) is 5.75 Å². The molecule has 1 amide bonds. The van der Waals surface area contributed by atoms with Crippen LogP contribution < -0.4 is 4.74 Å². The SMILES string of the molecule is Cc1nccn1C(C)CC(=O)N1CCC(Oc2cccnc2)CC1. The van der Waals surface area contributed by atoms with Gasteiger partial charge in [-0.1, -0.05) is 0 Å². The molecule has 1 fully saturated rings. The number of aromatic nitrogens is 3. The van der Waals surface area contributed by atoms with Crippen molar-refractivity contribution in [3.05, 3.63) is 42.7 Å². The molecule has 0 saturated carbocycles. The highest BCUT2D eigenvalue weighted by atomic mass is 16.5. The summed E-state index contributed by atoms with van der Waals surface area (Å²) in [4.78, 5) is 22.8. The molecule has 1 aliphatic heterocycles. The fourth-order valence-corrected chi connectivity index (χ4v) is 3.17. The number of piperidine rings is 1. The number of nitrogens with zero attached hydrogens (tertiary/aromatic N) is 4. The molecule has 1 atom stereocenters. The molecule has 1 saturated heterocycles. The minimum Gasteiger partial charge on any atom is -0.489 e. The Labute approximate surface area is 142 Å². The fourth-order valence-electron chi connectivity index (χ4n) is 3.17. The lowest BCUT2D eigenvalue weighted by Crippen LogP contribution is -2.42. The van der Waals surface area contributed by atoms with E-state index in [1.165, 1.54) is 0 Å². The Balaban J connectivity index is 1.47. The van der Waals surface area contributed by atoms with Crippen molar-refractivity contribution in [2.24, 2.45) is 0 Å². The van der Waals surface area contributed by atoms with Crippen LogP contribution in [0.3, 0.4) is 0 Å². The van der Waals surface area contributed by atoms with Gasteiger partial charge in [-0.2, -0.15) is 0 Å². The molecule has 2 aromatic rings. The second-order valence-corrected chi connectivity index (χ2v) is 6.32. The predicted octanol–water partition coefficient (Wildman–Crippen LogP) is 2.61. The van der Waals surface area contributed by atoms with E-state index >= 15 is 0 Å². The van der Waals surface area contributed by atoms with E-state index < -0.39 is 0 Å². The normalized spacial score (nSPS) is 16.8. The number of carbonyl (C=O) groups excluding carboxylic acids is 1. The molecule has 0 spiro atoms. The molecule has 0 aliphatic carbocycles. The Morgan fingerprint density at radius 2 is 2.17 bits per heavy atom. The van der Waals surface area contributed by atoms with E-state index in [0.29, 0.717) is 6.42 Å². The molecule has 1 aliphatic rings. The van der Waals surface area contributed by atoms with Gasteiger partial charge in [-0.15, -0.1) is 0 Å². The molecule has 0 bridgehead atoms. The highest BCUT2D eigenvalue weighted by Gasteiger charge is 2.25. The predicted molar refractivity (Wildman–Crippen MR) is 90.8 cm³/mol. The lowest BCUT2D eigenvalue weighted by atomic mass is 10.1. The second-order valence-electron chi connectivity index (χ2n) is 6.32. The van der Waals surface area contributed by atoms with Gasteiger partial charge in [-0.3, -0.25) is 9.78 Å². The monoisotopic (exact) mass is 328 g/mol. The number of aryl methyl sites for hydroxylation is 1. The lowest BCUT2D eigenvalue weighted by Gasteiger charge is -2.33. The summed E-state index contributed by atoms with van der Waals surface area (Å²) >= 11 is 0. The van der Waals surface area contributed by atoms with Crippen LogP contribution in [-0.4, -0.2) is 44.5 Å². The first kappa shape index (κ1) is 16.5. The average Bonchev–Trinajstić information content (AvgIpc) is 3.02. The third-order valence-electron chi connectivity index (χ3n) is 4.54. The number of pyridine rings is 1. The summed E-state index contributed by atoms with van der Waals surface area (Å²) in [6.07, 6.45) is 9.55. The molecule has 3 heterocycles. The van der Waals surface area contributed by atoms with Crippen LogP contribution in [0, 0.1) is 6.92 Å². The quantitative estimate of drug-likeness (QED) is 0.846. The van der Waals surface area contributed by atoms with Crippen LogP contribution in [0.1, 0.15) is 38.1 Å². The van der Waals surface area contributed by atoms with Gasteiger partial charge in [0.1, 0.15) is 17.7 Å². The molecule has 6 heteroatoms. The summed E-state index contributed by atoms with van der Waals surface area (Å²) in [5, 5.41) is 0. The Bertz CT molecular complexity index is 663. The first-order chi connectivity index (χ1) is 11.6. The Kier molecular flexibility index (Phi) is 5.13. The van der Waals surface area contributed by atoms with E-state index in [2.05, 4.69) is 21.5 Å². The van der Waals surface area contributed by atoms with Crippen LogP contribution in [-0.2, 0) is 4.79 Å². The van der Waals surface area contributed by atoms with Gasteiger partial charge in [0.15, 0.2) is 0 Å². The maximum absolute atomic E-state index is 12.5. The van der Waals surface area contributed by atoms with Gasteiger partial charge in [0.05, 0.1) is 6.20 Å². The number of hydrogen-bond donors (Lipinski definition) is 0. The van der Waals surface area contributed by atoms with Crippen LogP contribution in [0.5, 0.6) is 5.75 Å². The zero-order valence-electron chi connectivity index (χ0n) is 14.3. The largest absolute Gasteiger partial charge is 0.489 e. The first-order valence-corrected chi connectivity index (χ1v) is 8.47. The van der Waals surface area contributed by atoms with Gasteiger partial charge < -0.3 is 14.2 Å². The molecule has 2 aromatic heterocycles. The second kappa shape index (κ2) is 7.47. The molecule has 1 unspecified atom stereocenters. The van der Waals surface area contributed by atoms with Crippen molar-refractivity contribution in [3.63, 3.8) is 0 Å². The van der Waals surface area contributed by atoms with Gasteiger partial charge in [0.25, 0.3) is 0 Å². The maximum Gasteiger partial charge on any atom is 0.224 e. The first-order valence-electron chi connectivity index (χ1n) is 8.47. The van der Waals surface area contributed by atoms with E-state index in [4.69, 9.17) is 4.74 Å². The summed E-state index contributed by atoms with van der Waals surface area (Å²) in [5.74, 6) is 1.95. The van der Waals surface area contributed by atoms with E-state index in [9.17, 15) is 4.79 Å². The summed E-state index contributed by atoms with van der Waals surface area (Å²) in [7, 11) is 0. The molecule has 0 N–H and O–H groups in total. The van der Waals surface area contributed by atoms with Gasteiger partial charge in [0.2, 0.25) is 5.91 Å². The number of amides is 1. The van der Waals surface area contributed by atoms with E-state index in [-0.39, 0.29) is 18.1 Å². The van der Waals surface area contributed by atoms with Crippen molar-refractivity contribution in [2.45, 2.75) is 45.3 Å². The van der Waals surface area contributed by atoms with Crippen LogP contribution >= 0.6 is 0 Å². The summed E-state index contributed by atoms with van der Waals surface area (Å²) in [5.41, 5.74) is 0. The van der Waals surface area contributed by atoms with Gasteiger partial charge in [-0.25, -0.2) is 4.98 Å². The molecule has 24 heavy (non-hydrogen) atoms. The average molecular weight is 328 g/mol. The molecule has 0 radical (unpaired) electrons. The number of ether oxygens (including phenoxy) is 1. The van der Waals surface area contributed by atoms with Crippen molar-refractivity contribution in [2.75, 3.05) is 13.1 Å². The summed E-state index contributed by atoms with van der Waals surface area (Å²) < 4.78 is 7.98. The van der Waals surface area contributed by atoms with Crippen molar-refractivity contribution in [1.82, 2.24) is 19.4 Å². The smallest absolute Gasteiger partial charge is 0.224 e. The minimum absolute atomic E-state index is 0.129. The molecule has 0 aromatic carbocycles. The minimum atomic E-state index is 0.129. The highest BCUT2D eigenvalue weighted by Crippen LogP contribution is 2.20. The maximum atomic E-state index is 12.5. The zero-order chi connectivity index (χ0) is 16.9. The van der Waals surface area contributed by atoms with Crippen molar-refractivity contribution in [1.29, 1.82) is 0 Å². The van der Waals surface area contributed by atoms with Crippen molar-refractivity contribution < 1.29 is 9.53 Å². The number of carbonyl (C=O) groups is 1. The Hall–Kier alpha value is -2.37. The zero-order valence-corrected chi connectivity index (χ0v) is 14.3. The van der Waals surface area contributed by atoms with E-state index in [0.717, 1.165) is 37.5 Å². The molecular weight excluding hydrogens is 304 g/mol. The molecular formula is C18H24N4O2. The lowest BCUT2D eigenvalue weighted by molar-refractivity contribution is -0.133. The van der Waals surface area contributed by atoms with Crippen molar-refractivity contribution >= 4 is 5.91 Å². The number of likely N-dealkylation sites (tertiary alicyclic amines) is 1. The number of rotatable bonds is 5.